The SMILES string of the molecule is CCCCCCN(CCCCCC)C(=S)[S-].CCCCCCN(CCCCCC)C(=S)[S-].CCCCCCN(CCCCCC)C(=S)[S-].CCCCCCN(CCCCCC)C(=S)[S-].[Mo+4]. The van der Waals surface area contributed by atoms with Gasteiger partial charge in [0.1, 0.15) is 0 Å². The van der Waals surface area contributed by atoms with Gasteiger partial charge in [-0.3, -0.25) is 0 Å². The molecule has 0 N–H and O–H groups in total. The van der Waals surface area contributed by atoms with E-state index in [9.17, 15) is 0 Å². The van der Waals surface area contributed by atoms with Gasteiger partial charge in [-0.1, -0.05) is 227 Å². The van der Waals surface area contributed by atoms with Crippen molar-refractivity contribution < 1.29 is 21.1 Å². The normalized spacial score (nSPS) is 10.2. The average Bonchev–Trinajstić information content (AvgIpc) is 3.27. The first kappa shape index (κ1) is 75.1. The summed E-state index contributed by atoms with van der Waals surface area (Å²) in [7, 11) is 0. The van der Waals surface area contributed by atoms with Crippen molar-refractivity contribution in [3.8, 4) is 0 Å². The van der Waals surface area contributed by atoms with Crippen LogP contribution in [0.15, 0.2) is 0 Å². The second kappa shape index (κ2) is 63.1. The predicted molar refractivity (Wildman–Crippen MR) is 319 cm³/mol. The van der Waals surface area contributed by atoms with E-state index in [-0.39, 0.29) is 21.1 Å². The summed E-state index contributed by atoms with van der Waals surface area (Å²) in [5.74, 6) is 0. The molecule has 0 fully saturated rings. The Morgan fingerprint density at radius 2 is 0.338 bits per heavy atom. The molecule has 0 aromatic heterocycles. The molecule has 0 radical (unpaired) electrons. The van der Waals surface area contributed by atoms with E-state index in [4.69, 9.17) is 99.4 Å². The quantitative estimate of drug-likeness (QED) is 0.0251. The Morgan fingerprint density at radius 1 is 0.231 bits per heavy atom. The summed E-state index contributed by atoms with van der Waals surface area (Å²) in [6.07, 6.45) is 41.2. The van der Waals surface area contributed by atoms with Gasteiger partial charge in [0.25, 0.3) is 0 Å². The van der Waals surface area contributed by atoms with E-state index >= 15 is 0 Å². The van der Waals surface area contributed by atoms with E-state index in [1.807, 2.05) is 0 Å². The standard InChI is InChI=1S/4C13H27NS2.Mo/c4*1-3-5-7-9-11-14(13(15)16)12-10-8-6-4-2;/h4*3-12H2,1-2H3,(H,15,16);/q;;;;+4/p-4. The fourth-order valence-corrected chi connectivity index (χ4v) is 8.47. The maximum absolute atomic E-state index is 5.11. The molecule has 386 valence electrons. The van der Waals surface area contributed by atoms with Crippen LogP contribution in [0.25, 0.3) is 0 Å². The van der Waals surface area contributed by atoms with Gasteiger partial charge in [-0.05, 0) is 51.4 Å². The Hall–Kier alpha value is 1.13. The second-order valence-electron chi connectivity index (χ2n) is 17.5. The minimum atomic E-state index is 0. The molecule has 0 bridgehead atoms. The molecule has 0 aliphatic heterocycles. The first-order chi connectivity index (χ1) is 30.9. The third-order valence-corrected chi connectivity index (χ3v) is 13.4. The number of unbranched alkanes of at least 4 members (excludes halogenated alkanes) is 24. The Labute approximate surface area is 466 Å². The molecule has 0 atom stereocenters. The summed E-state index contributed by atoms with van der Waals surface area (Å²) in [5, 5.41) is 0. The molecule has 0 heterocycles. The van der Waals surface area contributed by atoms with Gasteiger partial charge in [-0.15, -0.1) is 0 Å². The van der Waals surface area contributed by atoms with Gasteiger partial charge in [-0.2, -0.15) is 0 Å². The maximum Gasteiger partial charge on any atom is 4.00 e. The van der Waals surface area contributed by atoms with E-state index in [0.29, 0.717) is 17.3 Å². The van der Waals surface area contributed by atoms with Crippen LogP contribution in [0.1, 0.15) is 261 Å². The molecule has 0 rings (SSSR count). The van der Waals surface area contributed by atoms with Gasteiger partial charge in [0.2, 0.25) is 0 Å². The van der Waals surface area contributed by atoms with Crippen LogP contribution in [0.2, 0.25) is 0 Å². The Kier molecular flexibility index (Phi) is 72.9. The van der Waals surface area contributed by atoms with Gasteiger partial charge < -0.3 is 119 Å². The number of rotatable bonds is 40. The third-order valence-electron chi connectivity index (χ3n) is 11.3. The molecule has 0 amide bonds. The zero-order valence-corrected chi connectivity index (χ0v) is 52.3. The Bertz CT molecular complexity index is 797. The van der Waals surface area contributed by atoms with Crippen LogP contribution in [0.4, 0.5) is 0 Å². The number of thiocarbonyl (C=S) groups is 4. The van der Waals surface area contributed by atoms with E-state index in [1.165, 1.54) is 205 Å². The fraction of sp³-hybridized carbons (Fsp3) is 0.923. The third kappa shape index (κ3) is 61.2. The number of hydrogen-bond donors (Lipinski definition) is 0. The first-order valence-corrected chi connectivity index (χ1v) is 30.0. The summed E-state index contributed by atoms with van der Waals surface area (Å²) in [6, 6.07) is 0. The van der Waals surface area contributed by atoms with Crippen molar-refractivity contribution >= 4 is 117 Å². The van der Waals surface area contributed by atoms with Crippen LogP contribution in [-0.2, 0) is 71.6 Å². The zero-order valence-electron chi connectivity index (χ0n) is 43.7. The topological polar surface area (TPSA) is 13.0 Å². The molecule has 0 aromatic rings. The van der Waals surface area contributed by atoms with Crippen LogP contribution in [0.3, 0.4) is 0 Å². The van der Waals surface area contributed by atoms with Gasteiger partial charge in [0.15, 0.2) is 0 Å². The molecule has 0 saturated carbocycles. The number of nitrogens with zero attached hydrogens (tertiary/aromatic N) is 4. The second-order valence-corrected chi connectivity index (χ2v) is 21.6. The summed E-state index contributed by atoms with van der Waals surface area (Å²) < 4.78 is 2.64. The molecule has 0 aromatic carbocycles. The fourth-order valence-electron chi connectivity index (χ4n) is 7.01. The van der Waals surface area contributed by atoms with E-state index in [0.717, 1.165) is 52.4 Å². The summed E-state index contributed by atoms with van der Waals surface area (Å²) >= 11 is 40.9. The molecule has 0 aliphatic rings. The van der Waals surface area contributed by atoms with Crippen LogP contribution >= 0.6 is 48.9 Å². The van der Waals surface area contributed by atoms with Crippen molar-refractivity contribution in [2.75, 3.05) is 52.4 Å². The van der Waals surface area contributed by atoms with E-state index in [1.54, 1.807) is 0 Å². The number of hydrogen-bond acceptors (Lipinski definition) is 8. The molecule has 0 unspecified atom stereocenters. The smallest absolute Gasteiger partial charge is 0.411 e. The van der Waals surface area contributed by atoms with Crippen molar-refractivity contribution in [1.82, 2.24) is 19.6 Å². The van der Waals surface area contributed by atoms with Crippen molar-refractivity contribution in [1.29, 1.82) is 0 Å². The Balaban J connectivity index is -0.000000245. The van der Waals surface area contributed by atoms with E-state index < -0.39 is 0 Å². The summed E-state index contributed by atoms with van der Waals surface area (Å²) in [4.78, 5) is 8.82. The summed E-state index contributed by atoms with van der Waals surface area (Å²) in [5.41, 5.74) is 0. The van der Waals surface area contributed by atoms with Crippen molar-refractivity contribution in [2.24, 2.45) is 0 Å². The minimum Gasteiger partial charge on any atom is -0.411 e. The van der Waals surface area contributed by atoms with Crippen molar-refractivity contribution in [3.63, 3.8) is 0 Å². The van der Waals surface area contributed by atoms with Crippen LogP contribution in [0.5, 0.6) is 0 Å². The molecule has 0 saturated heterocycles. The first-order valence-electron chi connectivity index (χ1n) is 26.7. The van der Waals surface area contributed by atoms with E-state index in [2.05, 4.69) is 75.0 Å². The summed E-state index contributed by atoms with van der Waals surface area (Å²) in [6.45, 7) is 26.4. The van der Waals surface area contributed by atoms with Gasteiger partial charge in [0.05, 0.1) is 0 Å². The predicted octanol–water partition coefficient (Wildman–Crippen LogP) is 17.1. The minimum absolute atomic E-state index is 0. The van der Waals surface area contributed by atoms with Gasteiger partial charge in [-0.25, -0.2) is 0 Å². The zero-order chi connectivity index (χ0) is 48.9. The molecular formula is C52H104MoN4S8. The molecule has 13 heteroatoms. The molecular weight excluding hydrogens is 1030 g/mol. The van der Waals surface area contributed by atoms with Crippen LogP contribution < -0.4 is 0 Å². The van der Waals surface area contributed by atoms with Crippen LogP contribution in [-0.4, -0.2) is 89.2 Å². The molecule has 0 aliphatic carbocycles. The average molecular weight is 1140 g/mol. The Morgan fingerprint density at radius 3 is 0.415 bits per heavy atom. The van der Waals surface area contributed by atoms with Crippen molar-refractivity contribution in [3.05, 3.63) is 0 Å². The van der Waals surface area contributed by atoms with Gasteiger partial charge in [0, 0.05) is 52.4 Å². The molecule has 0 spiro atoms. The van der Waals surface area contributed by atoms with Crippen molar-refractivity contribution in [2.45, 2.75) is 261 Å². The molecule has 65 heavy (non-hydrogen) atoms. The molecule has 4 nitrogen and oxygen atoms in total. The monoisotopic (exact) mass is 1140 g/mol. The maximum atomic E-state index is 5.11. The largest absolute Gasteiger partial charge is 4.00 e. The van der Waals surface area contributed by atoms with Crippen LogP contribution in [0, 0.1) is 0 Å². The van der Waals surface area contributed by atoms with Gasteiger partial charge >= 0.3 is 21.1 Å².